The summed E-state index contributed by atoms with van der Waals surface area (Å²) in [6.45, 7) is 2.65. The Labute approximate surface area is 325 Å². The van der Waals surface area contributed by atoms with E-state index in [-0.39, 0.29) is 66.6 Å². The number of rotatable bonds is 4. The highest BCUT2D eigenvalue weighted by Crippen LogP contribution is 2.37. The highest BCUT2D eigenvalue weighted by molar-refractivity contribution is 7.91. The van der Waals surface area contributed by atoms with Crippen molar-refractivity contribution in [3.05, 3.63) is 83.8 Å². The van der Waals surface area contributed by atoms with Gasteiger partial charge in [-0.15, -0.1) is 0 Å². The predicted molar refractivity (Wildman–Crippen MR) is 206 cm³/mol. The van der Waals surface area contributed by atoms with E-state index in [1.807, 2.05) is 34.6 Å². The lowest BCUT2D eigenvalue weighted by Crippen LogP contribution is -2.47. The van der Waals surface area contributed by atoms with Crippen molar-refractivity contribution in [3.63, 3.8) is 0 Å². The van der Waals surface area contributed by atoms with Gasteiger partial charge in [0.1, 0.15) is 56.5 Å². The molecule has 0 aliphatic carbocycles. The fourth-order valence-corrected chi connectivity index (χ4v) is 9.89. The summed E-state index contributed by atoms with van der Waals surface area (Å²) >= 11 is 0. The first-order valence-electron chi connectivity index (χ1n) is 18.7. The first-order valence-corrected chi connectivity index (χ1v) is 20.5. The number of anilines is 2. The van der Waals surface area contributed by atoms with Crippen LogP contribution in [0.2, 0.25) is 0 Å². The van der Waals surface area contributed by atoms with Crippen LogP contribution in [0.3, 0.4) is 0 Å². The van der Waals surface area contributed by atoms with Gasteiger partial charge >= 0.3 is 0 Å². The average Bonchev–Trinajstić information content (AvgIpc) is 3.88. The number of hydrogen-bond acceptors (Lipinski definition) is 11. The number of carbonyl (C=O) groups excluding carboxylic acids is 1. The number of ether oxygens (including phenoxy) is 1. The van der Waals surface area contributed by atoms with Crippen LogP contribution in [0.4, 0.5) is 24.8 Å². The smallest absolute Gasteiger partial charge is 0.245 e. The van der Waals surface area contributed by atoms with Crippen molar-refractivity contribution in [2.24, 2.45) is 0 Å². The molecule has 2 aromatic carbocycles. The molecule has 3 atom stereocenters. The van der Waals surface area contributed by atoms with Gasteiger partial charge in [0.2, 0.25) is 5.91 Å². The lowest BCUT2D eigenvalue weighted by Gasteiger charge is -2.31. The number of sulfone groups is 1. The molecule has 4 aromatic heterocycles. The summed E-state index contributed by atoms with van der Waals surface area (Å²) in [4.78, 5) is 37.7. The zero-order chi connectivity index (χ0) is 39.7. The number of hydrogen-bond donors (Lipinski definition) is 1. The van der Waals surface area contributed by atoms with Crippen molar-refractivity contribution >= 4 is 49.4 Å². The summed E-state index contributed by atoms with van der Waals surface area (Å²) < 4.78 is 78.4. The molecule has 1 N–H and O–H groups in total. The third-order valence-electron chi connectivity index (χ3n) is 11.3. The monoisotopic (exact) mass is 800 g/mol. The van der Waals surface area contributed by atoms with Crippen molar-refractivity contribution in [2.45, 2.75) is 56.8 Å². The first-order chi connectivity index (χ1) is 27.4. The van der Waals surface area contributed by atoms with Crippen molar-refractivity contribution in [1.29, 1.82) is 0 Å². The SMILES string of the molecule is CO[C@@H]1CN(C)C(=O)[C@@H]2C[C@@H](CN2c2nc(C3CCS(=O)(=O)CC3)nc3c2cnn3-c2ccc(F)cc2F)Nc2cccc(n2)-c2cc(F)cc3nc(C)n(c23)C1. The van der Waals surface area contributed by atoms with Crippen LogP contribution in [0.1, 0.15) is 36.8 Å². The van der Waals surface area contributed by atoms with E-state index in [1.54, 1.807) is 19.1 Å². The fraction of sp³-hybridized carbons (Fsp3) is 0.385. The van der Waals surface area contributed by atoms with Crippen molar-refractivity contribution in [3.8, 4) is 16.9 Å². The molecule has 0 saturated carbocycles. The lowest BCUT2D eigenvalue weighted by atomic mass is 10.0. The molecule has 0 unspecified atom stereocenters. The second-order valence-electron chi connectivity index (χ2n) is 15.0. The normalized spacial score (nSPS) is 21.5. The van der Waals surface area contributed by atoms with E-state index in [1.165, 1.54) is 29.1 Å². The standard InChI is InChI=1S/C39H39F3N10O4S/c1-21-44-31-15-24(41)13-27-30-5-4-6-34(46-30)45-25-16-33(39(53)49(2)19-26(56-3)20-50(21)35(27)31)51(18-25)37-28-17-43-52(32-8-7-23(40)14-29(32)42)38(28)48-36(47-37)22-9-11-57(54,55)12-10-22/h4-8,13-15,17,22,25-26,33H,9-12,16,18-20H2,1-3H3,(H,45,46)/t25-,26+,33-/m0/s1. The Morgan fingerprint density at radius 2 is 1.74 bits per heavy atom. The fourth-order valence-electron chi connectivity index (χ4n) is 8.40. The maximum atomic E-state index is 15.3. The Hall–Kier alpha value is -5.62. The third-order valence-corrected chi connectivity index (χ3v) is 13.0. The van der Waals surface area contributed by atoms with Gasteiger partial charge in [-0.05, 0) is 56.5 Å². The first kappa shape index (κ1) is 37.0. The number of amides is 1. The quantitative estimate of drug-likeness (QED) is 0.262. The van der Waals surface area contributed by atoms with Gasteiger partial charge in [0.05, 0.1) is 52.5 Å². The molecule has 2 fully saturated rings. The van der Waals surface area contributed by atoms with Crippen LogP contribution in [0, 0.1) is 24.4 Å². The summed E-state index contributed by atoms with van der Waals surface area (Å²) in [6, 6.07) is 10.4. The molecule has 18 heteroatoms. The lowest BCUT2D eigenvalue weighted by molar-refractivity contribution is -0.132. The largest absolute Gasteiger partial charge is 0.378 e. The molecule has 1 amide bonds. The number of nitrogens with one attached hydrogen (secondary N) is 1. The molecule has 296 valence electrons. The zero-order valence-corrected chi connectivity index (χ0v) is 32.2. The minimum Gasteiger partial charge on any atom is -0.378 e. The van der Waals surface area contributed by atoms with Gasteiger partial charge in [-0.3, -0.25) is 4.79 Å². The molecule has 3 aliphatic rings. The third kappa shape index (κ3) is 6.73. The molecule has 7 heterocycles. The van der Waals surface area contributed by atoms with Crippen LogP contribution in [0.15, 0.2) is 54.7 Å². The van der Waals surface area contributed by atoms with E-state index in [9.17, 15) is 17.6 Å². The van der Waals surface area contributed by atoms with Gasteiger partial charge < -0.3 is 24.4 Å². The summed E-state index contributed by atoms with van der Waals surface area (Å²) in [7, 11) is 0.0770. The van der Waals surface area contributed by atoms with Crippen LogP contribution >= 0.6 is 0 Å². The molecule has 14 nitrogen and oxygen atoms in total. The molecule has 0 spiro atoms. The minimum atomic E-state index is -3.22. The molecule has 9 rings (SSSR count). The summed E-state index contributed by atoms with van der Waals surface area (Å²) in [5.74, 6) is -0.768. The van der Waals surface area contributed by atoms with Crippen molar-refractivity contribution < 1.29 is 31.1 Å². The number of benzene rings is 2. The second-order valence-corrected chi connectivity index (χ2v) is 17.3. The maximum absolute atomic E-state index is 15.3. The molecule has 6 aromatic rings. The van der Waals surface area contributed by atoms with E-state index >= 15 is 8.78 Å². The number of aromatic nitrogens is 7. The number of carbonyl (C=O) groups is 1. The Morgan fingerprint density at radius 3 is 2.51 bits per heavy atom. The maximum Gasteiger partial charge on any atom is 0.245 e. The highest BCUT2D eigenvalue weighted by Gasteiger charge is 2.41. The minimum absolute atomic E-state index is 0.0319. The Morgan fingerprint density at radius 1 is 0.930 bits per heavy atom. The van der Waals surface area contributed by atoms with Gasteiger partial charge in [-0.2, -0.15) is 5.10 Å². The molecule has 3 aliphatic heterocycles. The van der Waals surface area contributed by atoms with Crippen molar-refractivity contribution in [1.82, 2.24) is 39.2 Å². The summed E-state index contributed by atoms with van der Waals surface area (Å²) in [6.07, 6.45) is 1.93. The second kappa shape index (κ2) is 14.1. The number of methoxy groups -OCH3 is 1. The van der Waals surface area contributed by atoms with Gasteiger partial charge in [0, 0.05) is 56.9 Å². The highest BCUT2D eigenvalue weighted by atomic mass is 32.2. The topological polar surface area (TPSA) is 153 Å². The Balaban J connectivity index is 1.17. The zero-order valence-electron chi connectivity index (χ0n) is 31.4. The molecular weight excluding hydrogens is 762 g/mol. The van der Waals surface area contributed by atoms with Crippen molar-refractivity contribution in [2.75, 3.05) is 49.0 Å². The number of pyridine rings is 1. The molecule has 2 saturated heterocycles. The number of fused-ring (bicyclic) bond motifs is 6. The van der Waals surface area contributed by atoms with Gasteiger partial charge in [-0.25, -0.2) is 46.2 Å². The molecular formula is C39H39F3N10O4S. The summed E-state index contributed by atoms with van der Waals surface area (Å²) in [5, 5.41) is 8.41. The predicted octanol–water partition coefficient (Wildman–Crippen LogP) is 4.79. The Bertz CT molecular complexity index is 2670. The van der Waals surface area contributed by atoms with Crippen LogP contribution in [-0.4, -0.2) is 110 Å². The van der Waals surface area contributed by atoms with Crippen LogP contribution in [0.25, 0.3) is 39.0 Å². The molecule has 57 heavy (non-hydrogen) atoms. The van der Waals surface area contributed by atoms with Gasteiger partial charge in [0.25, 0.3) is 0 Å². The van der Waals surface area contributed by atoms with E-state index in [0.717, 1.165) is 12.1 Å². The van der Waals surface area contributed by atoms with E-state index in [4.69, 9.17) is 19.7 Å². The van der Waals surface area contributed by atoms with Crippen LogP contribution < -0.4 is 10.2 Å². The number of halogens is 3. The van der Waals surface area contributed by atoms with Crippen LogP contribution in [-0.2, 0) is 25.9 Å². The van der Waals surface area contributed by atoms with E-state index in [0.29, 0.717) is 63.9 Å². The van der Waals surface area contributed by atoms with Crippen LogP contribution in [0.5, 0.6) is 0 Å². The number of nitrogens with zero attached hydrogens (tertiary/aromatic N) is 9. The van der Waals surface area contributed by atoms with Gasteiger partial charge in [-0.1, -0.05) is 6.07 Å². The van der Waals surface area contributed by atoms with E-state index in [2.05, 4.69) is 15.4 Å². The number of imidazole rings is 1. The number of aryl methyl sites for hydroxylation is 1. The summed E-state index contributed by atoms with van der Waals surface area (Å²) in [5.41, 5.74) is 2.48. The Kier molecular flexibility index (Phi) is 9.14. The van der Waals surface area contributed by atoms with Gasteiger partial charge in [0.15, 0.2) is 11.5 Å². The molecule has 0 radical (unpaired) electrons. The molecule has 4 bridgehead atoms. The van der Waals surface area contributed by atoms with E-state index < -0.39 is 39.4 Å². The number of likely N-dealkylation sites (N-methyl/N-ethyl adjacent to an activating group) is 1. The average molecular weight is 801 g/mol.